The Morgan fingerprint density at radius 1 is 1.50 bits per heavy atom. The molecule has 1 heterocycles. The van der Waals surface area contributed by atoms with E-state index in [1.165, 1.54) is 12.8 Å². The smallest absolute Gasteiger partial charge is 0.236 e. The Morgan fingerprint density at radius 2 is 2.33 bits per heavy atom. The van der Waals surface area contributed by atoms with Crippen LogP contribution in [0.5, 0.6) is 0 Å². The van der Waals surface area contributed by atoms with Crippen molar-refractivity contribution in [2.45, 2.75) is 44.8 Å². The molecule has 106 valence electrons. The summed E-state index contributed by atoms with van der Waals surface area (Å²) in [5.74, 6) is 0.0316. The van der Waals surface area contributed by atoms with E-state index in [2.05, 4.69) is 10.6 Å². The van der Waals surface area contributed by atoms with Crippen LogP contribution in [-0.4, -0.2) is 51.5 Å². The third-order valence-electron chi connectivity index (χ3n) is 3.18. The summed E-state index contributed by atoms with van der Waals surface area (Å²) >= 11 is 0. The van der Waals surface area contributed by atoms with Crippen LogP contribution in [0.4, 0.5) is 0 Å². The first-order chi connectivity index (χ1) is 8.74. The molecule has 1 aliphatic heterocycles. The summed E-state index contributed by atoms with van der Waals surface area (Å²) < 4.78 is 10.4. The van der Waals surface area contributed by atoms with Crippen molar-refractivity contribution in [3.05, 3.63) is 0 Å². The monoisotopic (exact) mass is 258 g/mol. The van der Waals surface area contributed by atoms with Gasteiger partial charge in [-0.2, -0.15) is 0 Å². The molecule has 2 unspecified atom stereocenters. The molecule has 1 amide bonds. The summed E-state index contributed by atoms with van der Waals surface area (Å²) in [6.45, 7) is 4.78. The van der Waals surface area contributed by atoms with Gasteiger partial charge in [-0.25, -0.2) is 0 Å². The highest BCUT2D eigenvalue weighted by atomic mass is 16.5. The van der Waals surface area contributed by atoms with E-state index in [0.717, 1.165) is 26.0 Å². The fourth-order valence-corrected chi connectivity index (χ4v) is 2.04. The van der Waals surface area contributed by atoms with Crippen molar-refractivity contribution in [2.75, 3.05) is 33.4 Å². The molecule has 5 nitrogen and oxygen atoms in total. The van der Waals surface area contributed by atoms with Crippen LogP contribution in [0.25, 0.3) is 0 Å². The van der Waals surface area contributed by atoms with E-state index in [1.807, 2.05) is 6.92 Å². The second kappa shape index (κ2) is 9.30. The van der Waals surface area contributed by atoms with Gasteiger partial charge in [-0.3, -0.25) is 4.79 Å². The summed E-state index contributed by atoms with van der Waals surface area (Å²) in [4.78, 5) is 11.6. The first kappa shape index (κ1) is 15.4. The Labute approximate surface area is 110 Å². The zero-order chi connectivity index (χ0) is 13.2. The van der Waals surface area contributed by atoms with Gasteiger partial charge in [-0.15, -0.1) is 0 Å². The quantitative estimate of drug-likeness (QED) is 0.597. The van der Waals surface area contributed by atoms with E-state index in [-0.39, 0.29) is 11.9 Å². The van der Waals surface area contributed by atoms with Crippen molar-refractivity contribution in [2.24, 2.45) is 0 Å². The molecule has 0 aromatic heterocycles. The fourth-order valence-electron chi connectivity index (χ4n) is 2.04. The molecule has 1 aliphatic rings. The lowest BCUT2D eigenvalue weighted by atomic mass is 10.1. The maximum Gasteiger partial charge on any atom is 0.236 e. The zero-order valence-electron chi connectivity index (χ0n) is 11.5. The molecule has 0 aromatic rings. The molecule has 0 radical (unpaired) electrons. The Morgan fingerprint density at radius 3 is 3.00 bits per heavy atom. The van der Waals surface area contributed by atoms with Gasteiger partial charge < -0.3 is 20.1 Å². The number of hydrogen-bond donors (Lipinski definition) is 2. The molecule has 18 heavy (non-hydrogen) atoms. The summed E-state index contributed by atoms with van der Waals surface area (Å²) in [6.07, 6.45) is 4.96. The highest BCUT2D eigenvalue weighted by Gasteiger charge is 2.15. The van der Waals surface area contributed by atoms with Gasteiger partial charge in [0, 0.05) is 20.3 Å². The summed E-state index contributed by atoms with van der Waals surface area (Å²) in [5, 5.41) is 6.04. The molecule has 2 atom stereocenters. The van der Waals surface area contributed by atoms with Crippen molar-refractivity contribution < 1.29 is 14.3 Å². The van der Waals surface area contributed by atoms with Gasteiger partial charge in [-0.1, -0.05) is 0 Å². The predicted octanol–water partition coefficient (Wildman–Crippen LogP) is 0.686. The van der Waals surface area contributed by atoms with Crippen LogP contribution in [0.3, 0.4) is 0 Å². The van der Waals surface area contributed by atoms with Gasteiger partial charge in [0.15, 0.2) is 0 Å². The molecule has 2 N–H and O–H groups in total. The van der Waals surface area contributed by atoms with E-state index in [1.54, 1.807) is 7.11 Å². The highest BCUT2D eigenvalue weighted by molar-refractivity contribution is 5.81. The van der Waals surface area contributed by atoms with E-state index in [4.69, 9.17) is 9.47 Å². The number of hydrogen-bond acceptors (Lipinski definition) is 4. The van der Waals surface area contributed by atoms with Gasteiger partial charge in [0.2, 0.25) is 5.91 Å². The lowest BCUT2D eigenvalue weighted by Crippen LogP contribution is -2.43. The van der Waals surface area contributed by atoms with Gasteiger partial charge in [0.25, 0.3) is 0 Å². The topological polar surface area (TPSA) is 59.6 Å². The van der Waals surface area contributed by atoms with Crippen LogP contribution in [0.15, 0.2) is 0 Å². The maximum atomic E-state index is 11.6. The van der Waals surface area contributed by atoms with Crippen molar-refractivity contribution in [1.29, 1.82) is 0 Å². The SMILES string of the molecule is COCCNC(=O)C(C)NCCCC1CCCO1. The standard InChI is InChI=1S/C13H26N2O3/c1-11(13(16)15-8-10-17-2)14-7-3-5-12-6-4-9-18-12/h11-12,14H,3-10H2,1-2H3,(H,15,16). The number of rotatable bonds is 9. The second-order valence-electron chi connectivity index (χ2n) is 4.74. The third kappa shape index (κ3) is 6.33. The molecule has 5 heteroatoms. The molecular formula is C13H26N2O3. The van der Waals surface area contributed by atoms with Crippen LogP contribution in [0.1, 0.15) is 32.6 Å². The highest BCUT2D eigenvalue weighted by Crippen LogP contribution is 2.16. The minimum Gasteiger partial charge on any atom is -0.383 e. The lowest BCUT2D eigenvalue weighted by molar-refractivity contribution is -0.122. The fraction of sp³-hybridized carbons (Fsp3) is 0.923. The largest absolute Gasteiger partial charge is 0.383 e. The van der Waals surface area contributed by atoms with Gasteiger partial charge in [-0.05, 0) is 39.2 Å². The van der Waals surface area contributed by atoms with Crippen LogP contribution in [0.2, 0.25) is 0 Å². The molecule has 0 aliphatic carbocycles. The molecule has 0 bridgehead atoms. The van der Waals surface area contributed by atoms with Crippen LogP contribution >= 0.6 is 0 Å². The van der Waals surface area contributed by atoms with Gasteiger partial charge >= 0.3 is 0 Å². The third-order valence-corrected chi connectivity index (χ3v) is 3.18. The second-order valence-corrected chi connectivity index (χ2v) is 4.74. The van der Waals surface area contributed by atoms with Gasteiger partial charge in [0.05, 0.1) is 18.8 Å². The average molecular weight is 258 g/mol. The van der Waals surface area contributed by atoms with Gasteiger partial charge in [0.1, 0.15) is 0 Å². The number of nitrogens with one attached hydrogen (secondary N) is 2. The van der Waals surface area contributed by atoms with Crippen LogP contribution in [0, 0.1) is 0 Å². The molecule has 1 saturated heterocycles. The van der Waals surface area contributed by atoms with Crippen molar-refractivity contribution in [3.63, 3.8) is 0 Å². The molecular weight excluding hydrogens is 232 g/mol. The Kier molecular flexibility index (Phi) is 7.96. The molecule has 0 saturated carbocycles. The summed E-state index contributed by atoms with van der Waals surface area (Å²) in [6, 6.07) is -0.147. The number of carbonyl (C=O) groups excluding carboxylic acids is 1. The average Bonchev–Trinajstić information content (AvgIpc) is 2.87. The normalized spacial score (nSPS) is 20.9. The van der Waals surface area contributed by atoms with Crippen molar-refractivity contribution >= 4 is 5.91 Å². The summed E-state index contributed by atoms with van der Waals surface area (Å²) in [5.41, 5.74) is 0. The Bertz CT molecular complexity index is 230. The van der Waals surface area contributed by atoms with E-state index < -0.39 is 0 Å². The van der Waals surface area contributed by atoms with E-state index in [0.29, 0.717) is 19.3 Å². The van der Waals surface area contributed by atoms with E-state index in [9.17, 15) is 4.79 Å². The number of amides is 1. The van der Waals surface area contributed by atoms with Crippen molar-refractivity contribution in [3.8, 4) is 0 Å². The minimum atomic E-state index is -0.147. The molecule has 1 rings (SSSR count). The zero-order valence-corrected chi connectivity index (χ0v) is 11.5. The minimum absolute atomic E-state index is 0.0316. The first-order valence-electron chi connectivity index (χ1n) is 6.85. The predicted molar refractivity (Wildman–Crippen MR) is 70.6 cm³/mol. The maximum absolute atomic E-state index is 11.6. The molecule has 1 fully saturated rings. The van der Waals surface area contributed by atoms with Crippen LogP contribution in [-0.2, 0) is 14.3 Å². The molecule has 0 spiro atoms. The lowest BCUT2D eigenvalue weighted by Gasteiger charge is -2.14. The van der Waals surface area contributed by atoms with Crippen molar-refractivity contribution in [1.82, 2.24) is 10.6 Å². The number of ether oxygens (including phenoxy) is 2. The Hall–Kier alpha value is -0.650. The number of methoxy groups -OCH3 is 1. The van der Waals surface area contributed by atoms with E-state index >= 15 is 0 Å². The number of carbonyl (C=O) groups is 1. The van der Waals surface area contributed by atoms with Crippen LogP contribution < -0.4 is 10.6 Å². The first-order valence-corrected chi connectivity index (χ1v) is 6.85. The summed E-state index contributed by atoms with van der Waals surface area (Å²) in [7, 11) is 1.62. The Balaban J connectivity index is 1.97. The molecule has 0 aromatic carbocycles.